The Morgan fingerprint density at radius 2 is 1.53 bits per heavy atom. The van der Waals surface area contributed by atoms with Crippen LogP contribution >= 0.6 is 11.6 Å². The SMILES string of the molecule is Cc1ccc(S(=O)(=O)N(CC(=O)Nc2c(F)cccc2F)c2ccc(Cl)cc2)cc1. The molecule has 0 saturated carbocycles. The van der Waals surface area contributed by atoms with Crippen LogP contribution in [0.15, 0.2) is 71.6 Å². The van der Waals surface area contributed by atoms with Crippen LogP contribution in [0.1, 0.15) is 5.56 Å². The molecule has 0 unspecified atom stereocenters. The molecule has 0 radical (unpaired) electrons. The fourth-order valence-corrected chi connectivity index (χ4v) is 4.23. The number of hydrogen-bond donors (Lipinski definition) is 1. The first-order valence-electron chi connectivity index (χ1n) is 8.77. The molecule has 0 aliphatic carbocycles. The number of nitrogens with one attached hydrogen (secondary N) is 1. The summed E-state index contributed by atoms with van der Waals surface area (Å²) in [5.74, 6) is -2.85. The maximum absolute atomic E-state index is 13.9. The van der Waals surface area contributed by atoms with E-state index in [9.17, 15) is 22.0 Å². The van der Waals surface area contributed by atoms with Crippen LogP contribution in [0.5, 0.6) is 0 Å². The number of aryl methyl sites for hydroxylation is 1. The molecule has 1 amide bonds. The Hall–Kier alpha value is -2.97. The Bertz CT molecular complexity index is 1150. The van der Waals surface area contributed by atoms with E-state index < -0.39 is 39.8 Å². The van der Waals surface area contributed by atoms with Crippen LogP contribution in [-0.2, 0) is 14.8 Å². The van der Waals surface area contributed by atoms with E-state index in [-0.39, 0.29) is 10.6 Å². The van der Waals surface area contributed by atoms with Gasteiger partial charge in [-0.3, -0.25) is 9.10 Å². The van der Waals surface area contributed by atoms with E-state index in [1.165, 1.54) is 36.4 Å². The minimum absolute atomic E-state index is 0.0343. The van der Waals surface area contributed by atoms with Crippen molar-refractivity contribution in [1.82, 2.24) is 0 Å². The third-order valence-electron chi connectivity index (χ3n) is 4.24. The van der Waals surface area contributed by atoms with Gasteiger partial charge >= 0.3 is 0 Å². The molecule has 0 saturated heterocycles. The number of halogens is 3. The summed E-state index contributed by atoms with van der Waals surface area (Å²) in [4.78, 5) is 12.5. The van der Waals surface area contributed by atoms with Crippen molar-refractivity contribution in [2.24, 2.45) is 0 Å². The molecule has 156 valence electrons. The Labute approximate surface area is 178 Å². The van der Waals surface area contributed by atoms with Crippen LogP contribution in [0.3, 0.4) is 0 Å². The second-order valence-electron chi connectivity index (χ2n) is 6.45. The van der Waals surface area contributed by atoms with Gasteiger partial charge in [-0.25, -0.2) is 17.2 Å². The highest BCUT2D eigenvalue weighted by Crippen LogP contribution is 2.26. The number of para-hydroxylation sites is 1. The highest BCUT2D eigenvalue weighted by atomic mass is 35.5. The van der Waals surface area contributed by atoms with Crippen molar-refractivity contribution in [3.63, 3.8) is 0 Å². The van der Waals surface area contributed by atoms with Crippen molar-refractivity contribution in [3.05, 3.63) is 89.0 Å². The summed E-state index contributed by atoms with van der Waals surface area (Å²) < 4.78 is 55.0. The van der Waals surface area contributed by atoms with Crippen LogP contribution < -0.4 is 9.62 Å². The molecule has 30 heavy (non-hydrogen) atoms. The number of carbonyl (C=O) groups is 1. The van der Waals surface area contributed by atoms with Gasteiger partial charge in [-0.2, -0.15) is 0 Å². The van der Waals surface area contributed by atoms with Gasteiger partial charge in [0.2, 0.25) is 5.91 Å². The van der Waals surface area contributed by atoms with Crippen LogP contribution in [0.25, 0.3) is 0 Å². The molecule has 0 bridgehead atoms. The molecule has 0 aromatic heterocycles. The molecule has 0 atom stereocenters. The molecule has 0 heterocycles. The molecule has 1 N–H and O–H groups in total. The fraction of sp³-hybridized carbons (Fsp3) is 0.0952. The van der Waals surface area contributed by atoms with E-state index in [0.29, 0.717) is 5.02 Å². The summed E-state index contributed by atoms with van der Waals surface area (Å²) in [7, 11) is -4.15. The van der Waals surface area contributed by atoms with Gasteiger partial charge < -0.3 is 5.32 Å². The maximum atomic E-state index is 13.9. The van der Waals surface area contributed by atoms with Gasteiger partial charge in [0.05, 0.1) is 10.6 Å². The molecular weight excluding hydrogens is 434 g/mol. The van der Waals surface area contributed by atoms with Gasteiger partial charge in [0.25, 0.3) is 10.0 Å². The zero-order chi connectivity index (χ0) is 21.9. The lowest BCUT2D eigenvalue weighted by Crippen LogP contribution is -2.38. The van der Waals surface area contributed by atoms with Gasteiger partial charge in [-0.1, -0.05) is 35.4 Å². The number of amides is 1. The second-order valence-corrected chi connectivity index (χ2v) is 8.74. The first-order chi connectivity index (χ1) is 14.2. The zero-order valence-electron chi connectivity index (χ0n) is 15.8. The molecule has 0 aliphatic heterocycles. The molecule has 9 heteroatoms. The van der Waals surface area contributed by atoms with Crippen molar-refractivity contribution in [2.45, 2.75) is 11.8 Å². The van der Waals surface area contributed by atoms with E-state index >= 15 is 0 Å². The maximum Gasteiger partial charge on any atom is 0.264 e. The van der Waals surface area contributed by atoms with Gasteiger partial charge in [0, 0.05) is 5.02 Å². The number of sulfonamides is 1. The molecule has 3 aromatic carbocycles. The average Bonchev–Trinajstić information content (AvgIpc) is 2.70. The molecular formula is C21H17ClF2N2O3S. The average molecular weight is 451 g/mol. The number of nitrogens with zero attached hydrogens (tertiary/aromatic N) is 1. The summed E-state index contributed by atoms with van der Waals surface area (Å²) in [6, 6.07) is 15.0. The first-order valence-corrected chi connectivity index (χ1v) is 10.6. The zero-order valence-corrected chi connectivity index (χ0v) is 17.3. The summed E-state index contributed by atoms with van der Waals surface area (Å²) in [5, 5.41) is 2.48. The quantitative estimate of drug-likeness (QED) is 0.588. The number of benzene rings is 3. The van der Waals surface area contributed by atoms with Crippen molar-refractivity contribution >= 4 is 38.9 Å². The normalized spacial score (nSPS) is 11.2. The largest absolute Gasteiger partial charge is 0.320 e. The molecule has 5 nitrogen and oxygen atoms in total. The predicted octanol–water partition coefficient (Wildman–Crippen LogP) is 4.76. The Balaban J connectivity index is 1.96. The standard InChI is InChI=1S/C21H17ClF2N2O3S/c1-14-5-11-17(12-6-14)30(28,29)26(16-9-7-15(22)8-10-16)13-20(27)25-21-18(23)3-2-4-19(21)24/h2-12H,13H2,1H3,(H,25,27). The van der Waals surface area contributed by atoms with Crippen LogP contribution in [0.4, 0.5) is 20.2 Å². The van der Waals surface area contributed by atoms with Crippen molar-refractivity contribution in [3.8, 4) is 0 Å². The van der Waals surface area contributed by atoms with E-state index in [1.54, 1.807) is 12.1 Å². The summed E-state index contributed by atoms with van der Waals surface area (Å²) >= 11 is 5.88. The molecule has 0 spiro atoms. The monoisotopic (exact) mass is 450 g/mol. The molecule has 0 aliphatic rings. The van der Waals surface area contributed by atoms with Crippen LogP contribution in [0, 0.1) is 18.6 Å². The summed E-state index contributed by atoms with van der Waals surface area (Å²) in [6.45, 7) is 1.11. The van der Waals surface area contributed by atoms with Gasteiger partial charge in [0.1, 0.15) is 23.9 Å². The minimum Gasteiger partial charge on any atom is -0.320 e. The molecule has 3 aromatic rings. The fourth-order valence-electron chi connectivity index (χ4n) is 2.69. The van der Waals surface area contributed by atoms with Gasteiger partial charge in [0.15, 0.2) is 0 Å². The third-order valence-corrected chi connectivity index (χ3v) is 6.28. The smallest absolute Gasteiger partial charge is 0.264 e. The number of carbonyl (C=O) groups excluding carboxylic acids is 1. The van der Waals surface area contributed by atoms with Gasteiger partial charge in [-0.05, 0) is 55.5 Å². The Morgan fingerprint density at radius 3 is 2.10 bits per heavy atom. The molecule has 3 rings (SSSR count). The number of anilines is 2. The summed E-state index contributed by atoms with van der Waals surface area (Å²) in [5.41, 5.74) is 0.384. The minimum atomic E-state index is -4.15. The van der Waals surface area contributed by atoms with Gasteiger partial charge in [-0.15, -0.1) is 0 Å². The highest BCUT2D eigenvalue weighted by Gasteiger charge is 2.28. The lowest BCUT2D eigenvalue weighted by atomic mass is 10.2. The highest BCUT2D eigenvalue weighted by molar-refractivity contribution is 7.92. The Morgan fingerprint density at radius 1 is 0.967 bits per heavy atom. The van der Waals surface area contributed by atoms with E-state index in [1.807, 2.05) is 6.92 Å². The Kier molecular flexibility index (Phi) is 6.38. The first kappa shape index (κ1) is 21.7. The van der Waals surface area contributed by atoms with E-state index in [4.69, 9.17) is 11.6 Å². The predicted molar refractivity (Wildman–Crippen MR) is 112 cm³/mol. The van der Waals surface area contributed by atoms with Crippen molar-refractivity contribution in [2.75, 3.05) is 16.2 Å². The summed E-state index contributed by atoms with van der Waals surface area (Å²) in [6.07, 6.45) is 0. The van der Waals surface area contributed by atoms with Crippen LogP contribution in [-0.4, -0.2) is 20.9 Å². The van der Waals surface area contributed by atoms with Crippen LogP contribution in [0.2, 0.25) is 5.02 Å². The number of rotatable bonds is 6. The molecule has 0 fully saturated rings. The lowest BCUT2D eigenvalue weighted by Gasteiger charge is -2.24. The second kappa shape index (κ2) is 8.81. The van der Waals surface area contributed by atoms with Crippen molar-refractivity contribution in [1.29, 1.82) is 0 Å². The number of hydrogen-bond acceptors (Lipinski definition) is 3. The van der Waals surface area contributed by atoms with E-state index in [2.05, 4.69) is 5.32 Å². The third kappa shape index (κ3) is 4.77. The lowest BCUT2D eigenvalue weighted by molar-refractivity contribution is -0.114. The topological polar surface area (TPSA) is 66.5 Å². The van der Waals surface area contributed by atoms with Crippen molar-refractivity contribution < 1.29 is 22.0 Å². The van der Waals surface area contributed by atoms with E-state index in [0.717, 1.165) is 28.1 Å².